The van der Waals surface area contributed by atoms with Gasteiger partial charge in [0.2, 0.25) is 0 Å². The highest BCUT2D eigenvalue weighted by atomic mass is 35.5. The largest absolute Gasteiger partial charge is 0.867 e. The van der Waals surface area contributed by atoms with Crippen molar-refractivity contribution in [3.63, 3.8) is 0 Å². The molecule has 136 valence electrons. The van der Waals surface area contributed by atoms with Gasteiger partial charge < -0.3 is 15.2 Å². The van der Waals surface area contributed by atoms with Gasteiger partial charge in [0.1, 0.15) is 5.75 Å². The van der Waals surface area contributed by atoms with E-state index in [4.69, 9.17) is 16.3 Å². The van der Waals surface area contributed by atoms with Gasteiger partial charge in [-0.3, -0.25) is 14.9 Å². The number of carbonyl (C=O) groups is 1. The van der Waals surface area contributed by atoms with E-state index in [0.717, 1.165) is 12.3 Å². The smallest absolute Gasteiger partial charge is 0.263 e. The Bertz CT molecular complexity index is 857. The molecule has 0 aliphatic heterocycles. The summed E-state index contributed by atoms with van der Waals surface area (Å²) in [6, 6.07) is 9.18. The zero-order valence-electron chi connectivity index (χ0n) is 13.6. The van der Waals surface area contributed by atoms with E-state index in [-0.39, 0.29) is 17.1 Å². The number of carbonyl (C=O) groups excluding carboxylic acids is 1. The molecule has 0 atom stereocenters. The zero-order valence-corrected chi connectivity index (χ0v) is 14.3. The van der Waals surface area contributed by atoms with Crippen LogP contribution in [0, 0.1) is 10.1 Å². The number of anilines is 1. The standard InChI is InChI=1S/C16H15ClN4O5/c1-26-13-4-2-3-12(7-13)18-9-15(22)20-19-8-10-5-11(17)6-14(16(10)23)21(24)25/h2-8,18,23H,9H2,1H3,(H,20,22)/p-1/b19-8-. The van der Waals surface area contributed by atoms with Crippen LogP contribution in [0.15, 0.2) is 41.5 Å². The van der Waals surface area contributed by atoms with Gasteiger partial charge in [-0.2, -0.15) is 5.10 Å². The maximum absolute atomic E-state index is 11.9. The number of benzene rings is 2. The fourth-order valence-electron chi connectivity index (χ4n) is 1.96. The van der Waals surface area contributed by atoms with Crippen molar-refractivity contribution < 1.29 is 19.6 Å². The first kappa shape index (κ1) is 19.0. The first-order valence-corrected chi connectivity index (χ1v) is 7.63. The van der Waals surface area contributed by atoms with Crippen molar-refractivity contribution in [2.45, 2.75) is 0 Å². The van der Waals surface area contributed by atoms with E-state index in [1.807, 2.05) is 0 Å². The maximum atomic E-state index is 11.9. The van der Waals surface area contributed by atoms with Crippen molar-refractivity contribution in [3.05, 3.63) is 57.1 Å². The Morgan fingerprint density at radius 3 is 2.85 bits per heavy atom. The van der Waals surface area contributed by atoms with E-state index in [1.165, 1.54) is 13.2 Å². The summed E-state index contributed by atoms with van der Waals surface area (Å²) in [5.74, 6) is -0.682. The van der Waals surface area contributed by atoms with Crippen molar-refractivity contribution >= 4 is 35.1 Å². The van der Waals surface area contributed by atoms with Crippen LogP contribution in [0.3, 0.4) is 0 Å². The monoisotopic (exact) mass is 377 g/mol. The Morgan fingerprint density at radius 2 is 2.15 bits per heavy atom. The van der Waals surface area contributed by atoms with Crippen LogP contribution < -0.4 is 20.6 Å². The summed E-state index contributed by atoms with van der Waals surface area (Å²) in [4.78, 5) is 21.7. The zero-order chi connectivity index (χ0) is 19.1. The van der Waals surface area contributed by atoms with Crippen LogP contribution in [0.4, 0.5) is 11.4 Å². The van der Waals surface area contributed by atoms with Crippen LogP contribution >= 0.6 is 11.6 Å². The van der Waals surface area contributed by atoms with Crippen LogP contribution in [0.2, 0.25) is 5.02 Å². The molecule has 2 N–H and O–H groups in total. The van der Waals surface area contributed by atoms with Gasteiger partial charge in [-0.05, 0) is 29.5 Å². The fourth-order valence-corrected chi connectivity index (χ4v) is 2.18. The predicted octanol–water partition coefficient (Wildman–Crippen LogP) is 1.89. The lowest BCUT2D eigenvalue weighted by Gasteiger charge is -2.11. The summed E-state index contributed by atoms with van der Waals surface area (Å²) in [6.45, 7) is -0.0789. The number of amides is 1. The molecule has 2 aromatic carbocycles. The topological polar surface area (TPSA) is 129 Å². The maximum Gasteiger partial charge on any atom is 0.263 e. The molecule has 0 unspecified atom stereocenters. The molecule has 26 heavy (non-hydrogen) atoms. The van der Waals surface area contributed by atoms with E-state index in [9.17, 15) is 20.0 Å². The number of methoxy groups -OCH3 is 1. The number of ether oxygens (including phenoxy) is 1. The molecular formula is C16H14ClN4O5-. The normalized spacial score (nSPS) is 10.5. The van der Waals surface area contributed by atoms with Crippen LogP contribution in [-0.4, -0.2) is 30.7 Å². The van der Waals surface area contributed by atoms with E-state index >= 15 is 0 Å². The lowest BCUT2D eigenvalue weighted by atomic mass is 10.2. The lowest BCUT2D eigenvalue weighted by Crippen LogP contribution is -2.25. The SMILES string of the molecule is COc1cccc(NCC(=O)N/N=C\c2cc(Cl)cc([N+](=O)[O-])c2[O-])c1. The first-order valence-electron chi connectivity index (χ1n) is 7.25. The summed E-state index contributed by atoms with van der Waals surface area (Å²) in [5, 5.41) is 29.2. The Labute approximate surface area is 153 Å². The molecule has 0 spiro atoms. The van der Waals surface area contributed by atoms with Gasteiger partial charge in [-0.1, -0.05) is 17.7 Å². The summed E-state index contributed by atoms with van der Waals surface area (Å²) < 4.78 is 5.07. The second kappa shape index (κ2) is 8.67. The molecule has 1 amide bonds. The van der Waals surface area contributed by atoms with E-state index in [0.29, 0.717) is 11.4 Å². The molecule has 0 aliphatic rings. The summed E-state index contributed by atoms with van der Waals surface area (Å²) >= 11 is 5.74. The van der Waals surface area contributed by atoms with Crippen LogP contribution in [-0.2, 0) is 4.79 Å². The van der Waals surface area contributed by atoms with E-state index in [2.05, 4.69) is 15.8 Å². The number of hydrazone groups is 1. The van der Waals surface area contributed by atoms with Crippen molar-refractivity contribution in [1.82, 2.24) is 5.43 Å². The molecule has 0 saturated carbocycles. The molecule has 2 rings (SSSR count). The van der Waals surface area contributed by atoms with Gasteiger partial charge in [0.25, 0.3) is 11.6 Å². The van der Waals surface area contributed by atoms with Crippen LogP contribution in [0.25, 0.3) is 0 Å². The summed E-state index contributed by atoms with van der Waals surface area (Å²) in [5.41, 5.74) is 2.12. The number of nitrogens with one attached hydrogen (secondary N) is 2. The predicted molar refractivity (Wildman–Crippen MR) is 94.8 cm³/mol. The Hall–Kier alpha value is -3.33. The van der Waals surface area contributed by atoms with Gasteiger partial charge >= 0.3 is 0 Å². The number of hydrogen-bond acceptors (Lipinski definition) is 7. The van der Waals surface area contributed by atoms with Crippen LogP contribution in [0.5, 0.6) is 11.5 Å². The number of rotatable bonds is 7. The highest BCUT2D eigenvalue weighted by Gasteiger charge is 2.11. The minimum absolute atomic E-state index is 0.0174. The summed E-state index contributed by atoms with van der Waals surface area (Å²) in [7, 11) is 1.53. The molecule has 0 aromatic heterocycles. The number of hydrogen-bond donors (Lipinski definition) is 2. The molecule has 0 saturated heterocycles. The molecule has 0 fully saturated rings. The number of nitrogens with zero attached hydrogens (tertiary/aromatic N) is 2. The third-order valence-corrected chi connectivity index (χ3v) is 3.39. The van der Waals surface area contributed by atoms with Crippen molar-refractivity contribution in [3.8, 4) is 11.5 Å². The van der Waals surface area contributed by atoms with Gasteiger partial charge in [0, 0.05) is 22.8 Å². The number of nitro groups is 1. The van der Waals surface area contributed by atoms with Crippen molar-refractivity contribution in [2.75, 3.05) is 19.0 Å². The average Bonchev–Trinajstić information content (AvgIpc) is 2.62. The quantitative estimate of drug-likeness (QED) is 0.430. The number of halogens is 1. The van der Waals surface area contributed by atoms with Gasteiger partial charge in [0.05, 0.1) is 24.8 Å². The second-order valence-electron chi connectivity index (χ2n) is 4.98. The average molecular weight is 378 g/mol. The molecule has 0 bridgehead atoms. The lowest BCUT2D eigenvalue weighted by molar-refractivity contribution is -0.398. The van der Waals surface area contributed by atoms with Crippen molar-refractivity contribution in [2.24, 2.45) is 5.10 Å². The van der Waals surface area contributed by atoms with E-state index < -0.39 is 22.3 Å². The van der Waals surface area contributed by atoms with Gasteiger partial charge in [0.15, 0.2) is 0 Å². The third kappa shape index (κ3) is 5.08. The number of nitro benzene ring substituents is 1. The molecule has 9 nitrogen and oxygen atoms in total. The minimum atomic E-state index is -0.841. The third-order valence-electron chi connectivity index (χ3n) is 3.18. The minimum Gasteiger partial charge on any atom is -0.867 e. The van der Waals surface area contributed by atoms with E-state index in [1.54, 1.807) is 24.3 Å². The molecular weight excluding hydrogens is 364 g/mol. The Balaban J connectivity index is 1.95. The molecule has 0 radical (unpaired) electrons. The van der Waals surface area contributed by atoms with Gasteiger partial charge in [-0.25, -0.2) is 5.43 Å². The highest BCUT2D eigenvalue weighted by Crippen LogP contribution is 2.29. The first-order chi connectivity index (χ1) is 12.4. The summed E-state index contributed by atoms with van der Waals surface area (Å²) in [6.07, 6.45) is 1.00. The molecule has 0 aliphatic carbocycles. The molecule has 10 heteroatoms. The van der Waals surface area contributed by atoms with Crippen molar-refractivity contribution in [1.29, 1.82) is 0 Å². The second-order valence-corrected chi connectivity index (χ2v) is 5.42. The van der Waals surface area contributed by atoms with Gasteiger partial charge in [-0.15, -0.1) is 0 Å². The highest BCUT2D eigenvalue weighted by molar-refractivity contribution is 6.31. The Kier molecular flexibility index (Phi) is 6.34. The molecule has 2 aromatic rings. The molecule has 0 heterocycles. The van der Waals surface area contributed by atoms with Crippen LogP contribution in [0.1, 0.15) is 5.56 Å². The fraction of sp³-hybridized carbons (Fsp3) is 0.125. The Morgan fingerprint density at radius 1 is 1.38 bits per heavy atom.